The van der Waals surface area contributed by atoms with Crippen molar-refractivity contribution in [1.82, 2.24) is 10.2 Å². The summed E-state index contributed by atoms with van der Waals surface area (Å²) in [7, 11) is 2.01. The second kappa shape index (κ2) is 9.19. The lowest BCUT2D eigenvalue weighted by atomic mass is 10.1. The molecular weight excluding hydrogens is 348 g/mol. The number of ether oxygens (including phenoxy) is 2. The molecule has 1 saturated carbocycles. The van der Waals surface area contributed by atoms with Crippen LogP contribution in [0.4, 0.5) is 0 Å². The van der Waals surface area contributed by atoms with Crippen molar-refractivity contribution in [2.45, 2.75) is 50.3 Å². The van der Waals surface area contributed by atoms with E-state index in [1.54, 1.807) is 12.1 Å². The zero-order valence-corrected chi connectivity index (χ0v) is 15.7. The Kier molecular flexibility index (Phi) is 6.68. The van der Waals surface area contributed by atoms with Crippen LogP contribution >= 0.6 is 0 Å². The highest BCUT2D eigenvalue weighted by atomic mass is 16.5. The fourth-order valence-corrected chi connectivity index (χ4v) is 3.80. The number of likely N-dealkylation sites (N-methyl/N-ethyl adjacent to an activating group) is 1. The predicted molar refractivity (Wildman–Crippen MR) is 100 cm³/mol. The average molecular weight is 376 g/mol. The molecule has 7 nitrogen and oxygen atoms in total. The minimum atomic E-state index is -0.973. The Morgan fingerprint density at radius 1 is 1.22 bits per heavy atom. The molecule has 1 saturated heterocycles. The van der Waals surface area contributed by atoms with Crippen LogP contribution in [0.1, 0.15) is 42.5 Å². The van der Waals surface area contributed by atoms with E-state index in [0.717, 1.165) is 0 Å². The molecule has 0 unspecified atom stereocenters. The van der Waals surface area contributed by atoms with Crippen LogP contribution in [0.3, 0.4) is 0 Å². The largest absolute Gasteiger partial charge is 0.486 e. The van der Waals surface area contributed by atoms with Gasteiger partial charge in [-0.15, -0.1) is 0 Å². The molecule has 0 spiro atoms. The van der Waals surface area contributed by atoms with Crippen molar-refractivity contribution in [2.75, 3.05) is 26.8 Å². The zero-order valence-electron chi connectivity index (χ0n) is 15.7. The molecular formula is C20H28N2O5. The molecule has 2 atom stereocenters. The summed E-state index contributed by atoms with van der Waals surface area (Å²) in [6.07, 6.45) is 5.21. The molecule has 2 fully saturated rings. The van der Waals surface area contributed by atoms with Crippen LogP contribution in [0, 0.1) is 0 Å². The summed E-state index contributed by atoms with van der Waals surface area (Å²) < 4.78 is 11.5. The van der Waals surface area contributed by atoms with Gasteiger partial charge in [-0.1, -0.05) is 12.8 Å². The third-order valence-corrected chi connectivity index (χ3v) is 5.38. The molecule has 2 N–H and O–H groups in total. The van der Waals surface area contributed by atoms with E-state index in [0.29, 0.717) is 38.0 Å². The van der Waals surface area contributed by atoms with Gasteiger partial charge >= 0.3 is 5.97 Å². The van der Waals surface area contributed by atoms with Crippen LogP contribution in [0.5, 0.6) is 5.75 Å². The maximum atomic E-state index is 12.5. The number of carbonyl (C=O) groups is 2. The highest BCUT2D eigenvalue weighted by molar-refractivity contribution is 5.87. The molecule has 1 aromatic carbocycles. The maximum Gasteiger partial charge on any atom is 0.335 e. The van der Waals surface area contributed by atoms with E-state index in [4.69, 9.17) is 14.6 Å². The average Bonchev–Trinajstić information content (AvgIpc) is 3.18. The molecule has 7 heteroatoms. The second-order valence-electron chi connectivity index (χ2n) is 7.38. The monoisotopic (exact) mass is 376 g/mol. The van der Waals surface area contributed by atoms with Gasteiger partial charge in [-0.3, -0.25) is 9.69 Å². The van der Waals surface area contributed by atoms with E-state index in [1.807, 2.05) is 7.05 Å². The first kappa shape index (κ1) is 19.6. The Morgan fingerprint density at radius 2 is 1.93 bits per heavy atom. The van der Waals surface area contributed by atoms with Crippen LogP contribution in [-0.2, 0) is 9.53 Å². The van der Waals surface area contributed by atoms with Gasteiger partial charge in [0.2, 0.25) is 5.91 Å². The third-order valence-electron chi connectivity index (χ3n) is 5.38. The number of carbonyl (C=O) groups excluding carboxylic acids is 1. The molecule has 3 rings (SSSR count). The summed E-state index contributed by atoms with van der Waals surface area (Å²) in [5.74, 6) is -0.400. The summed E-state index contributed by atoms with van der Waals surface area (Å²) in [6, 6.07) is 6.65. The van der Waals surface area contributed by atoms with Crippen molar-refractivity contribution >= 4 is 11.9 Å². The Morgan fingerprint density at radius 3 is 2.59 bits per heavy atom. The number of nitrogens with one attached hydrogen (secondary N) is 1. The van der Waals surface area contributed by atoms with Gasteiger partial charge < -0.3 is 19.9 Å². The zero-order chi connectivity index (χ0) is 19.2. The normalized spacial score (nSPS) is 23.3. The number of rotatable bonds is 7. The topological polar surface area (TPSA) is 88.1 Å². The number of carboxylic acid groups (broad SMARTS) is 1. The van der Waals surface area contributed by atoms with E-state index in [1.165, 1.54) is 37.8 Å². The minimum absolute atomic E-state index is 0.00567. The van der Waals surface area contributed by atoms with Crippen molar-refractivity contribution in [3.05, 3.63) is 29.8 Å². The molecule has 1 heterocycles. The fraction of sp³-hybridized carbons (Fsp3) is 0.600. The van der Waals surface area contributed by atoms with Gasteiger partial charge in [0.25, 0.3) is 0 Å². The number of nitrogens with zero attached hydrogens (tertiary/aromatic N) is 1. The van der Waals surface area contributed by atoms with Gasteiger partial charge in [0.15, 0.2) is 0 Å². The molecule has 1 aliphatic heterocycles. The van der Waals surface area contributed by atoms with Crippen molar-refractivity contribution in [1.29, 1.82) is 0 Å². The SMILES string of the molecule is CN(CC(=O)N[C@@H]1CCOC[C@H]1Oc1ccc(C(=O)O)cc1)C1CCCC1. The van der Waals surface area contributed by atoms with Crippen LogP contribution in [0.2, 0.25) is 0 Å². The highest BCUT2D eigenvalue weighted by Gasteiger charge is 2.30. The molecule has 0 radical (unpaired) electrons. The summed E-state index contributed by atoms with van der Waals surface area (Å²) in [4.78, 5) is 25.6. The third kappa shape index (κ3) is 5.43. The van der Waals surface area contributed by atoms with Gasteiger partial charge in [-0.05, 0) is 50.6 Å². The molecule has 148 valence electrons. The van der Waals surface area contributed by atoms with Crippen LogP contribution in [-0.4, -0.2) is 66.9 Å². The quantitative estimate of drug-likeness (QED) is 0.756. The van der Waals surface area contributed by atoms with Crippen molar-refractivity contribution in [3.63, 3.8) is 0 Å². The van der Waals surface area contributed by atoms with E-state index in [9.17, 15) is 9.59 Å². The van der Waals surface area contributed by atoms with E-state index >= 15 is 0 Å². The summed E-state index contributed by atoms with van der Waals surface area (Å²) >= 11 is 0. The lowest BCUT2D eigenvalue weighted by molar-refractivity contribution is -0.125. The maximum absolute atomic E-state index is 12.5. The first-order valence-corrected chi connectivity index (χ1v) is 9.60. The van der Waals surface area contributed by atoms with E-state index in [-0.39, 0.29) is 23.6 Å². The van der Waals surface area contributed by atoms with E-state index in [2.05, 4.69) is 10.2 Å². The van der Waals surface area contributed by atoms with Crippen LogP contribution in [0.25, 0.3) is 0 Å². The summed E-state index contributed by atoms with van der Waals surface area (Å²) in [6.45, 7) is 1.37. The fourth-order valence-electron chi connectivity index (χ4n) is 3.80. The summed E-state index contributed by atoms with van der Waals surface area (Å²) in [5.41, 5.74) is 0.210. The minimum Gasteiger partial charge on any atom is -0.486 e. The number of amides is 1. The Bertz CT molecular complexity index is 642. The number of carboxylic acids is 1. The first-order chi connectivity index (χ1) is 13.0. The molecule has 1 aliphatic carbocycles. The number of hydrogen-bond acceptors (Lipinski definition) is 5. The van der Waals surface area contributed by atoms with Crippen LogP contribution in [0.15, 0.2) is 24.3 Å². The van der Waals surface area contributed by atoms with Gasteiger partial charge in [0.1, 0.15) is 11.9 Å². The lowest BCUT2D eigenvalue weighted by Gasteiger charge is -2.33. The molecule has 2 aliphatic rings. The standard InChI is InChI=1S/C20H28N2O5/c1-22(15-4-2-3-5-15)12-19(23)21-17-10-11-26-13-18(17)27-16-8-6-14(7-9-16)20(24)25/h6-9,15,17-18H,2-5,10-13H2,1H3,(H,21,23)(H,24,25)/t17-,18-/m1/s1. The van der Waals surface area contributed by atoms with Crippen LogP contribution < -0.4 is 10.1 Å². The highest BCUT2D eigenvalue weighted by Crippen LogP contribution is 2.22. The Balaban J connectivity index is 1.54. The van der Waals surface area contributed by atoms with Gasteiger partial charge in [0.05, 0.1) is 24.8 Å². The number of benzene rings is 1. The Labute approximate surface area is 159 Å². The molecule has 27 heavy (non-hydrogen) atoms. The second-order valence-corrected chi connectivity index (χ2v) is 7.38. The molecule has 0 aromatic heterocycles. The number of hydrogen-bond donors (Lipinski definition) is 2. The number of aromatic carboxylic acids is 1. The van der Waals surface area contributed by atoms with Gasteiger partial charge in [-0.25, -0.2) is 4.79 Å². The predicted octanol–water partition coefficient (Wildman–Crippen LogP) is 1.91. The lowest BCUT2D eigenvalue weighted by Crippen LogP contribution is -2.53. The van der Waals surface area contributed by atoms with E-state index < -0.39 is 5.97 Å². The first-order valence-electron chi connectivity index (χ1n) is 9.60. The van der Waals surface area contributed by atoms with Gasteiger partial charge in [-0.2, -0.15) is 0 Å². The molecule has 0 bridgehead atoms. The molecule has 1 amide bonds. The van der Waals surface area contributed by atoms with Gasteiger partial charge in [0, 0.05) is 12.6 Å². The Hall–Kier alpha value is -2.12. The summed E-state index contributed by atoms with van der Waals surface area (Å²) in [5, 5.41) is 12.1. The van der Waals surface area contributed by atoms with Crippen molar-refractivity contribution in [3.8, 4) is 5.75 Å². The molecule has 1 aromatic rings. The van der Waals surface area contributed by atoms with Crippen molar-refractivity contribution < 1.29 is 24.2 Å². The van der Waals surface area contributed by atoms with Crippen molar-refractivity contribution in [2.24, 2.45) is 0 Å². The smallest absolute Gasteiger partial charge is 0.335 e.